The van der Waals surface area contributed by atoms with Crippen LogP contribution in [0.2, 0.25) is 0 Å². The molecule has 0 saturated heterocycles. The lowest BCUT2D eigenvalue weighted by Gasteiger charge is -1.37. The fraction of sp³-hybridized carbons (Fsp3) is 0.500. The zero-order valence-corrected chi connectivity index (χ0v) is 4.50. The van der Waals surface area contributed by atoms with Gasteiger partial charge in [0, 0.05) is 20.8 Å². The summed E-state index contributed by atoms with van der Waals surface area (Å²) in [4.78, 5) is 0. The fourth-order valence-corrected chi connectivity index (χ4v) is 0.562. The van der Waals surface area contributed by atoms with E-state index in [2.05, 4.69) is 20.8 Å². The molecule has 6 heavy (non-hydrogen) atoms. The molecule has 0 fully saturated rings. The third-order valence-corrected chi connectivity index (χ3v) is 1.62. The first-order valence-corrected chi connectivity index (χ1v) is 2.25. The highest BCUT2D eigenvalue weighted by Gasteiger charge is 2.25. The molecule has 0 nitrogen and oxygen atoms in total. The Morgan fingerprint density at radius 1 is 1.17 bits per heavy atom. The van der Waals surface area contributed by atoms with Gasteiger partial charge in [0.25, 0.3) is 0 Å². The average molecular weight is 81.1 g/mol. The second-order valence-corrected chi connectivity index (χ2v) is 1.88. The van der Waals surface area contributed by atoms with Gasteiger partial charge in [-0.1, -0.05) is 0 Å². The second-order valence-electron chi connectivity index (χ2n) is 1.88. The largest absolute Gasteiger partial charge is 0.163 e. The molecular weight excluding hydrogens is 72.1 g/mol. The third kappa shape index (κ3) is 0.266. The standard InChI is InChI=1S/C6H9/c1-4-5(2)6(4)3/h1-3H3/q+1. The van der Waals surface area contributed by atoms with Gasteiger partial charge in [0.1, 0.15) is 0 Å². The van der Waals surface area contributed by atoms with Crippen LogP contribution in [0.5, 0.6) is 0 Å². The van der Waals surface area contributed by atoms with Gasteiger partial charge in [-0.3, -0.25) is 0 Å². The summed E-state index contributed by atoms with van der Waals surface area (Å²) in [5.41, 5.74) is 4.53. The van der Waals surface area contributed by atoms with E-state index in [0.717, 1.165) is 0 Å². The van der Waals surface area contributed by atoms with Crippen molar-refractivity contribution in [1.29, 1.82) is 0 Å². The fourth-order valence-electron chi connectivity index (χ4n) is 0.562. The predicted octanol–water partition coefficient (Wildman–Crippen LogP) is 1.77. The van der Waals surface area contributed by atoms with Crippen LogP contribution in [-0.4, -0.2) is 0 Å². The lowest BCUT2D eigenvalue weighted by atomic mass is 10.5. The lowest BCUT2D eigenvalue weighted by Crippen LogP contribution is -1.37. The maximum absolute atomic E-state index is 2.16. The number of hydrogen-bond donors (Lipinski definition) is 0. The average Bonchev–Trinajstić information content (AvgIpc) is 1.94. The van der Waals surface area contributed by atoms with E-state index in [1.54, 1.807) is 0 Å². The molecule has 0 amide bonds. The van der Waals surface area contributed by atoms with Gasteiger partial charge < -0.3 is 0 Å². The number of rotatable bonds is 0. The van der Waals surface area contributed by atoms with Gasteiger partial charge in [-0.25, -0.2) is 0 Å². The zero-order valence-electron chi connectivity index (χ0n) is 4.50. The van der Waals surface area contributed by atoms with Crippen LogP contribution < -0.4 is 0 Å². The summed E-state index contributed by atoms with van der Waals surface area (Å²) in [6, 6.07) is 0. The minimum atomic E-state index is 1.51. The Balaban J connectivity index is 2.80. The Morgan fingerprint density at radius 3 is 1.33 bits per heavy atom. The molecule has 1 aromatic rings. The molecule has 0 bridgehead atoms. The minimum Gasteiger partial charge on any atom is 0.0334 e. The summed E-state index contributed by atoms with van der Waals surface area (Å²) >= 11 is 0. The highest BCUT2D eigenvalue weighted by molar-refractivity contribution is 5.48. The summed E-state index contributed by atoms with van der Waals surface area (Å²) in [6.07, 6.45) is 0. The van der Waals surface area contributed by atoms with Crippen LogP contribution >= 0.6 is 0 Å². The summed E-state index contributed by atoms with van der Waals surface area (Å²) < 4.78 is 0. The maximum Gasteiger partial charge on any atom is 0.163 e. The molecular formula is C6H9+. The van der Waals surface area contributed by atoms with Gasteiger partial charge in [0.05, 0.1) is 0 Å². The highest BCUT2D eigenvalue weighted by Crippen LogP contribution is 2.24. The first-order chi connectivity index (χ1) is 2.73. The Morgan fingerprint density at radius 2 is 1.33 bits per heavy atom. The molecule has 32 valence electrons. The van der Waals surface area contributed by atoms with Crippen LogP contribution in [0.15, 0.2) is 0 Å². The van der Waals surface area contributed by atoms with E-state index < -0.39 is 0 Å². The molecule has 0 N–H and O–H groups in total. The van der Waals surface area contributed by atoms with Gasteiger partial charge in [0.15, 0.2) is 16.7 Å². The molecule has 0 radical (unpaired) electrons. The van der Waals surface area contributed by atoms with Crippen LogP contribution in [0.4, 0.5) is 0 Å². The van der Waals surface area contributed by atoms with E-state index in [1.165, 1.54) is 16.7 Å². The summed E-state index contributed by atoms with van der Waals surface area (Å²) in [5, 5.41) is 0. The van der Waals surface area contributed by atoms with Crippen LogP contribution in [0.25, 0.3) is 0 Å². The second kappa shape index (κ2) is 0.810. The van der Waals surface area contributed by atoms with Crippen LogP contribution in [-0.2, 0) is 0 Å². The first kappa shape index (κ1) is 3.79. The number of hydrogen-bond acceptors (Lipinski definition) is 0. The molecule has 0 unspecified atom stereocenters. The van der Waals surface area contributed by atoms with Crippen molar-refractivity contribution in [3.8, 4) is 0 Å². The van der Waals surface area contributed by atoms with Crippen molar-refractivity contribution in [2.75, 3.05) is 0 Å². The Bertz CT molecular complexity index is 90.3. The van der Waals surface area contributed by atoms with E-state index in [9.17, 15) is 0 Å². The molecule has 0 aromatic heterocycles. The Kier molecular flexibility index (Phi) is 0.512. The molecule has 1 aromatic carbocycles. The highest BCUT2D eigenvalue weighted by atomic mass is 14.1. The molecule has 0 saturated carbocycles. The smallest absolute Gasteiger partial charge is 0.0334 e. The van der Waals surface area contributed by atoms with Crippen molar-refractivity contribution in [1.82, 2.24) is 0 Å². The quantitative estimate of drug-likeness (QED) is 0.417. The molecule has 0 atom stereocenters. The minimum absolute atomic E-state index is 1.51. The normalized spacial score (nSPS) is 10.5. The van der Waals surface area contributed by atoms with E-state index in [4.69, 9.17) is 0 Å². The lowest BCUT2D eigenvalue weighted by molar-refractivity contribution is 1.57. The third-order valence-electron chi connectivity index (χ3n) is 1.62. The molecule has 0 spiro atoms. The van der Waals surface area contributed by atoms with Crippen molar-refractivity contribution < 1.29 is 0 Å². The van der Waals surface area contributed by atoms with Gasteiger partial charge in [-0.15, -0.1) is 0 Å². The van der Waals surface area contributed by atoms with Crippen LogP contribution in [0.1, 0.15) is 16.7 Å². The van der Waals surface area contributed by atoms with Crippen molar-refractivity contribution in [3.05, 3.63) is 16.7 Å². The van der Waals surface area contributed by atoms with Crippen molar-refractivity contribution in [3.63, 3.8) is 0 Å². The first-order valence-electron chi connectivity index (χ1n) is 2.25. The molecule has 0 aliphatic rings. The summed E-state index contributed by atoms with van der Waals surface area (Å²) in [7, 11) is 0. The van der Waals surface area contributed by atoms with Crippen molar-refractivity contribution in [2.24, 2.45) is 0 Å². The van der Waals surface area contributed by atoms with Crippen molar-refractivity contribution >= 4 is 0 Å². The topological polar surface area (TPSA) is 0 Å². The Labute approximate surface area is 38.5 Å². The predicted molar refractivity (Wildman–Crippen MR) is 27.4 cm³/mol. The van der Waals surface area contributed by atoms with Gasteiger partial charge >= 0.3 is 0 Å². The molecule has 0 heteroatoms. The SMILES string of the molecule is Cc1c(C)[c+]1C. The van der Waals surface area contributed by atoms with E-state index in [-0.39, 0.29) is 0 Å². The summed E-state index contributed by atoms with van der Waals surface area (Å²) in [6.45, 7) is 6.47. The summed E-state index contributed by atoms with van der Waals surface area (Å²) in [5.74, 6) is 0. The van der Waals surface area contributed by atoms with Crippen LogP contribution in [0, 0.1) is 20.8 Å². The van der Waals surface area contributed by atoms with Gasteiger partial charge in [-0.05, 0) is 0 Å². The molecule has 0 heterocycles. The van der Waals surface area contributed by atoms with Crippen molar-refractivity contribution in [2.45, 2.75) is 20.8 Å². The molecule has 0 aliphatic heterocycles. The zero-order chi connectivity index (χ0) is 4.73. The van der Waals surface area contributed by atoms with Crippen LogP contribution in [0.3, 0.4) is 0 Å². The van der Waals surface area contributed by atoms with E-state index in [1.807, 2.05) is 0 Å². The van der Waals surface area contributed by atoms with Gasteiger partial charge in [0.2, 0.25) is 0 Å². The van der Waals surface area contributed by atoms with E-state index in [0.29, 0.717) is 0 Å². The van der Waals surface area contributed by atoms with E-state index >= 15 is 0 Å². The molecule has 1 rings (SSSR count). The maximum atomic E-state index is 2.16. The Hall–Kier alpha value is -0.390. The molecule has 0 aliphatic carbocycles. The monoisotopic (exact) mass is 81.1 g/mol. The van der Waals surface area contributed by atoms with Gasteiger partial charge in [-0.2, -0.15) is 0 Å².